The van der Waals surface area contributed by atoms with Gasteiger partial charge < -0.3 is 5.11 Å². The Kier molecular flexibility index (Phi) is 4.60. The minimum Gasteiger partial charge on any atom is -0.385 e. The first-order valence-electron chi connectivity index (χ1n) is 3.55. The molecule has 6 nitrogen and oxygen atoms in total. The Balaban J connectivity index is 3.96. The number of Topliss-reactive ketones (excluding diaryl/α,β-unsaturated/α-hetero) is 2. The van der Waals surface area contributed by atoms with Gasteiger partial charge in [-0.25, -0.2) is 0 Å². The molecule has 0 saturated heterocycles. The van der Waals surface area contributed by atoms with Crippen molar-refractivity contribution in [2.24, 2.45) is 0 Å². The minimum atomic E-state index is -3.99. The van der Waals surface area contributed by atoms with Crippen LogP contribution in [0.5, 0.6) is 0 Å². The van der Waals surface area contributed by atoms with Gasteiger partial charge >= 0.3 is 7.94 Å². The molecule has 0 amide bonds. The number of hydrogen-bond donors (Lipinski definition) is 4. The van der Waals surface area contributed by atoms with Gasteiger partial charge in [0.1, 0.15) is 12.3 Å². The van der Waals surface area contributed by atoms with Crippen molar-refractivity contribution in [3.63, 3.8) is 0 Å². The van der Waals surface area contributed by atoms with Crippen LogP contribution in [0.1, 0.15) is 13.3 Å². The second kappa shape index (κ2) is 4.74. The van der Waals surface area contributed by atoms with Gasteiger partial charge in [-0.05, 0) is 6.92 Å². The van der Waals surface area contributed by atoms with E-state index in [1.807, 2.05) is 0 Å². The zero-order chi connectivity index (χ0) is 10.6. The van der Waals surface area contributed by atoms with Crippen molar-refractivity contribution in [1.29, 1.82) is 0 Å². The Morgan fingerprint density at radius 1 is 1.31 bits per heavy atom. The van der Waals surface area contributed by atoms with E-state index in [0.29, 0.717) is 0 Å². The number of rotatable bonds is 5. The van der Waals surface area contributed by atoms with Crippen LogP contribution in [0.15, 0.2) is 0 Å². The van der Waals surface area contributed by atoms with Crippen LogP contribution in [0, 0.1) is 0 Å². The van der Waals surface area contributed by atoms with Crippen molar-refractivity contribution in [1.82, 2.24) is 0 Å². The number of carbonyl (C=O) groups is 2. The summed E-state index contributed by atoms with van der Waals surface area (Å²) in [5.41, 5.74) is 0. The van der Waals surface area contributed by atoms with Crippen LogP contribution in [0.4, 0.5) is 0 Å². The molecule has 4 N–H and O–H groups in total. The molecular weight excluding hydrogens is 199 g/mol. The lowest BCUT2D eigenvalue weighted by Crippen LogP contribution is -2.26. The maximum absolute atomic E-state index is 10.8. The van der Waals surface area contributed by atoms with E-state index >= 15 is 0 Å². The third kappa shape index (κ3) is 5.79. The summed E-state index contributed by atoms with van der Waals surface area (Å²) >= 11 is 0. The standard InChI is InChI=1S/C6H12O6P/c1-4(7)6(9)5(8)2-3-13(10,11)12/h4,7,10-12H,2-3H2,1H3/q+1. The molecule has 0 aliphatic rings. The molecule has 0 bridgehead atoms. The Bertz CT molecular complexity index is 206. The summed E-state index contributed by atoms with van der Waals surface area (Å²) in [6.45, 7) is 1.14. The Morgan fingerprint density at radius 3 is 2.08 bits per heavy atom. The van der Waals surface area contributed by atoms with E-state index in [1.54, 1.807) is 0 Å². The topological polar surface area (TPSA) is 115 Å². The molecule has 0 aliphatic carbocycles. The Morgan fingerprint density at radius 2 is 1.77 bits per heavy atom. The molecule has 0 rings (SSSR count). The summed E-state index contributed by atoms with van der Waals surface area (Å²) in [6, 6.07) is 0. The van der Waals surface area contributed by atoms with Gasteiger partial charge in [-0.2, -0.15) is 14.7 Å². The van der Waals surface area contributed by atoms with Gasteiger partial charge in [-0.3, -0.25) is 9.59 Å². The molecule has 76 valence electrons. The van der Waals surface area contributed by atoms with Crippen LogP contribution in [0.2, 0.25) is 0 Å². The minimum absolute atomic E-state index is 0.471. The van der Waals surface area contributed by atoms with Gasteiger partial charge in [0.15, 0.2) is 0 Å². The lowest BCUT2D eigenvalue weighted by Gasteiger charge is -2.03. The summed E-state index contributed by atoms with van der Waals surface area (Å²) in [6.07, 6.45) is -2.41. The molecule has 7 heteroatoms. The number of aliphatic hydroxyl groups is 1. The van der Waals surface area contributed by atoms with Gasteiger partial charge in [0.05, 0.1) is 6.42 Å². The summed E-state index contributed by atoms with van der Waals surface area (Å²) in [4.78, 5) is 47.0. The fourth-order valence-corrected chi connectivity index (χ4v) is 1.11. The SMILES string of the molecule is CC(O)C(=O)C(=O)CC[P+](O)(O)O. The van der Waals surface area contributed by atoms with Gasteiger partial charge in [0, 0.05) is 0 Å². The molecule has 0 aliphatic heterocycles. The third-order valence-corrected chi connectivity index (χ3v) is 2.12. The van der Waals surface area contributed by atoms with Crippen LogP contribution in [0.25, 0.3) is 0 Å². The highest BCUT2D eigenvalue weighted by Gasteiger charge is 2.32. The largest absolute Gasteiger partial charge is 0.404 e. The fourth-order valence-electron chi connectivity index (χ4n) is 0.608. The van der Waals surface area contributed by atoms with Crippen LogP contribution in [-0.2, 0) is 9.59 Å². The zero-order valence-electron chi connectivity index (χ0n) is 7.04. The second-order valence-corrected chi connectivity index (χ2v) is 4.46. The van der Waals surface area contributed by atoms with Crippen molar-refractivity contribution in [2.75, 3.05) is 6.16 Å². The highest BCUT2D eigenvalue weighted by Crippen LogP contribution is 2.44. The van der Waals surface area contributed by atoms with E-state index < -0.39 is 38.2 Å². The Labute approximate surface area is 75.4 Å². The first-order chi connectivity index (χ1) is 5.74. The average Bonchev–Trinajstić information content (AvgIpc) is 1.97. The summed E-state index contributed by atoms with van der Waals surface area (Å²) in [5.74, 6) is -1.91. The van der Waals surface area contributed by atoms with Crippen molar-refractivity contribution in [3.05, 3.63) is 0 Å². The smallest absolute Gasteiger partial charge is 0.385 e. The molecule has 0 saturated carbocycles. The molecule has 0 fully saturated rings. The molecule has 1 atom stereocenters. The average molecular weight is 211 g/mol. The van der Waals surface area contributed by atoms with Crippen LogP contribution in [0.3, 0.4) is 0 Å². The van der Waals surface area contributed by atoms with Gasteiger partial charge in [-0.15, -0.1) is 0 Å². The summed E-state index contributed by atoms with van der Waals surface area (Å²) in [5, 5.41) is 8.67. The lowest BCUT2D eigenvalue weighted by atomic mass is 10.1. The molecule has 0 aromatic rings. The summed E-state index contributed by atoms with van der Waals surface area (Å²) in [7, 11) is -3.99. The van der Waals surface area contributed by atoms with Gasteiger partial charge in [0.2, 0.25) is 11.6 Å². The molecule has 1 unspecified atom stereocenters. The van der Waals surface area contributed by atoms with Crippen LogP contribution >= 0.6 is 7.94 Å². The van der Waals surface area contributed by atoms with E-state index in [9.17, 15) is 9.59 Å². The quantitative estimate of drug-likeness (QED) is 0.329. The fraction of sp³-hybridized carbons (Fsp3) is 0.667. The van der Waals surface area contributed by atoms with E-state index in [2.05, 4.69) is 0 Å². The molecule has 13 heavy (non-hydrogen) atoms. The van der Waals surface area contributed by atoms with Crippen molar-refractivity contribution in [3.8, 4) is 0 Å². The molecule has 0 spiro atoms. The molecular formula is C6H12O6P+. The van der Waals surface area contributed by atoms with E-state index in [1.165, 1.54) is 0 Å². The van der Waals surface area contributed by atoms with Gasteiger partial charge in [0.25, 0.3) is 0 Å². The number of ketones is 2. The lowest BCUT2D eigenvalue weighted by molar-refractivity contribution is -0.140. The number of aliphatic hydroxyl groups excluding tert-OH is 1. The predicted octanol–water partition coefficient (Wildman–Crippen LogP) is -1.37. The Hall–Kier alpha value is -0.390. The first-order valence-corrected chi connectivity index (χ1v) is 5.38. The maximum atomic E-state index is 10.8. The van der Waals surface area contributed by atoms with Gasteiger partial charge in [-0.1, -0.05) is 0 Å². The van der Waals surface area contributed by atoms with E-state index in [4.69, 9.17) is 19.8 Å². The van der Waals surface area contributed by atoms with E-state index in [0.717, 1.165) is 6.92 Å². The molecule has 0 radical (unpaired) electrons. The van der Waals surface area contributed by atoms with Crippen molar-refractivity contribution < 1.29 is 29.4 Å². The highest BCUT2D eigenvalue weighted by molar-refractivity contribution is 7.58. The molecule has 0 aromatic carbocycles. The molecule has 0 heterocycles. The van der Waals surface area contributed by atoms with Crippen LogP contribution in [-0.4, -0.2) is 43.6 Å². The summed E-state index contributed by atoms with van der Waals surface area (Å²) < 4.78 is 0. The normalized spacial score (nSPS) is 13.9. The van der Waals surface area contributed by atoms with Crippen LogP contribution < -0.4 is 0 Å². The first kappa shape index (κ1) is 12.6. The number of carbonyl (C=O) groups excluding carboxylic acids is 2. The van der Waals surface area contributed by atoms with Crippen molar-refractivity contribution >= 4 is 19.5 Å². The second-order valence-electron chi connectivity index (χ2n) is 2.63. The number of hydrogen-bond acceptors (Lipinski definition) is 6. The van der Waals surface area contributed by atoms with E-state index in [-0.39, 0.29) is 0 Å². The third-order valence-electron chi connectivity index (χ3n) is 1.29. The highest BCUT2D eigenvalue weighted by atomic mass is 31.2. The maximum Gasteiger partial charge on any atom is 0.404 e. The predicted molar refractivity (Wildman–Crippen MR) is 44.8 cm³/mol. The zero-order valence-corrected chi connectivity index (χ0v) is 7.94. The monoisotopic (exact) mass is 211 g/mol. The molecule has 0 aromatic heterocycles. The van der Waals surface area contributed by atoms with Crippen molar-refractivity contribution in [2.45, 2.75) is 19.4 Å².